The fourth-order valence-electron chi connectivity index (χ4n) is 4.84. The first-order valence-corrected chi connectivity index (χ1v) is 12.4. The van der Waals surface area contributed by atoms with Gasteiger partial charge in [-0.25, -0.2) is 14.7 Å². The standard InChI is InChI=1S/C27H32N6O3/c1-19(7-8-25(28-2)32-11-15-36-16-12-32)22-6-4-3-5-20(22)17-24-30-26-23(27(34)31-24)18-29-33(26)21-9-13-35-14-10-21/h3-8,18,21H,2,9-17H2,1H3,(H,30,31,34)/b19-7+,25-8+. The summed E-state index contributed by atoms with van der Waals surface area (Å²) in [4.78, 5) is 27.1. The molecule has 1 aromatic carbocycles. The normalized spacial score (nSPS) is 18.1. The van der Waals surface area contributed by atoms with Gasteiger partial charge in [-0.3, -0.25) is 4.79 Å². The number of rotatable bonds is 7. The molecule has 36 heavy (non-hydrogen) atoms. The predicted molar refractivity (Wildman–Crippen MR) is 140 cm³/mol. The molecular formula is C27H32N6O3. The molecule has 0 unspecified atom stereocenters. The first kappa shape index (κ1) is 24.1. The Morgan fingerprint density at radius 2 is 1.92 bits per heavy atom. The molecule has 0 atom stereocenters. The number of hydrogen-bond donors (Lipinski definition) is 1. The van der Waals surface area contributed by atoms with Crippen LogP contribution in [0.2, 0.25) is 0 Å². The summed E-state index contributed by atoms with van der Waals surface area (Å²) < 4.78 is 12.8. The van der Waals surface area contributed by atoms with Crippen LogP contribution >= 0.6 is 0 Å². The molecular weight excluding hydrogens is 456 g/mol. The van der Waals surface area contributed by atoms with E-state index in [4.69, 9.17) is 14.5 Å². The Labute approximate surface area is 210 Å². The van der Waals surface area contributed by atoms with Crippen LogP contribution in [0.5, 0.6) is 0 Å². The largest absolute Gasteiger partial charge is 0.381 e. The fraction of sp³-hybridized carbons (Fsp3) is 0.407. The zero-order valence-electron chi connectivity index (χ0n) is 20.7. The maximum atomic E-state index is 12.8. The van der Waals surface area contributed by atoms with Crippen molar-refractivity contribution in [2.75, 3.05) is 39.5 Å². The Hall–Kier alpha value is -3.56. The molecule has 5 rings (SSSR count). The number of fused-ring (bicyclic) bond motifs is 1. The third kappa shape index (κ3) is 5.17. The van der Waals surface area contributed by atoms with Gasteiger partial charge in [-0.2, -0.15) is 5.10 Å². The van der Waals surface area contributed by atoms with Crippen LogP contribution in [0.4, 0.5) is 0 Å². The SMILES string of the molecule is C=N/C(=C\C=C(/C)c1ccccc1Cc1nc2c(cnn2C2CCOCC2)c(=O)[nH]1)N1CCOCC1. The van der Waals surface area contributed by atoms with Gasteiger partial charge in [0.1, 0.15) is 17.0 Å². The van der Waals surface area contributed by atoms with E-state index in [0.717, 1.165) is 48.5 Å². The monoisotopic (exact) mass is 488 g/mol. The van der Waals surface area contributed by atoms with Crippen molar-refractivity contribution in [2.45, 2.75) is 32.2 Å². The van der Waals surface area contributed by atoms with Crippen molar-refractivity contribution in [2.24, 2.45) is 4.99 Å². The van der Waals surface area contributed by atoms with Crippen LogP contribution in [-0.2, 0) is 15.9 Å². The number of H-pyrrole nitrogens is 1. The highest BCUT2D eigenvalue weighted by Gasteiger charge is 2.21. The van der Waals surface area contributed by atoms with E-state index < -0.39 is 0 Å². The number of aromatic nitrogens is 4. The highest BCUT2D eigenvalue weighted by Crippen LogP contribution is 2.25. The topological polar surface area (TPSA) is 97.6 Å². The molecule has 2 aliphatic heterocycles. The van der Waals surface area contributed by atoms with Crippen molar-refractivity contribution < 1.29 is 9.47 Å². The summed E-state index contributed by atoms with van der Waals surface area (Å²) >= 11 is 0. The molecule has 1 N–H and O–H groups in total. The van der Waals surface area contributed by atoms with Gasteiger partial charge >= 0.3 is 0 Å². The van der Waals surface area contributed by atoms with E-state index in [1.54, 1.807) is 6.20 Å². The highest BCUT2D eigenvalue weighted by atomic mass is 16.5. The number of aromatic amines is 1. The van der Waals surface area contributed by atoms with Gasteiger partial charge in [-0.1, -0.05) is 30.3 Å². The van der Waals surface area contributed by atoms with Gasteiger partial charge in [-0.05, 0) is 49.3 Å². The van der Waals surface area contributed by atoms with Crippen LogP contribution in [-0.4, -0.2) is 70.9 Å². The second kappa shape index (κ2) is 11.0. The molecule has 0 radical (unpaired) electrons. The minimum atomic E-state index is -0.159. The third-order valence-corrected chi connectivity index (χ3v) is 6.83. The van der Waals surface area contributed by atoms with Crippen LogP contribution in [0.25, 0.3) is 16.6 Å². The maximum absolute atomic E-state index is 12.8. The third-order valence-electron chi connectivity index (χ3n) is 6.83. The number of benzene rings is 1. The smallest absolute Gasteiger partial charge is 0.262 e. The first-order valence-electron chi connectivity index (χ1n) is 12.4. The molecule has 3 aromatic rings. The molecule has 4 heterocycles. The van der Waals surface area contributed by atoms with Crippen molar-refractivity contribution in [3.8, 4) is 0 Å². The van der Waals surface area contributed by atoms with E-state index in [2.05, 4.69) is 51.8 Å². The summed E-state index contributed by atoms with van der Waals surface area (Å²) in [6.07, 6.45) is 7.93. The number of morpholine rings is 1. The first-order chi connectivity index (χ1) is 17.6. The van der Waals surface area contributed by atoms with Gasteiger partial charge in [0, 0.05) is 32.7 Å². The maximum Gasteiger partial charge on any atom is 0.262 e. The van der Waals surface area contributed by atoms with E-state index in [1.807, 2.05) is 22.9 Å². The van der Waals surface area contributed by atoms with Gasteiger partial charge in [0.25, 0.3) is 5.56 Å². The number of nitrogens with one attached hydrogen (secondary N) is 1. The molecule has 2 aromatic heterocycles. The van der Waals surface area contributed by atoms with E-state index >= 15 is 0 Å². The summed E-state index contributed by atoms with van der Waals surface area (Å²) in [6.45, 7) is 10.2. The Morgan fingerprint density at radius 1 is 1.17 bits per heavy atom. The summed E-state index contributed by atoms with van der Waals surface area (Å²) in [5, 5.41) is 5.02. The number of allylic oxidation sites excluding steroid dienone is 3. The fourth-order valence-corrected chi connectivity index (χ4v) is 4.84. The number of nitrogens with zero attached hydrogens (tertiary/aromatic N) is 5. The molecule has 9 heteroatoms. The molecule has 2 aliphatic rings. The highest BCUT2D eigenvalue weighted by molar-refractivity contribution is 5.73. The van der Waals surface area contributed by atoms with Crippen LogP contribution in [0.15, 0.2) is 58.2 Å². The summed E-state index contributed by atoms with van der Waals surface area (Å²) in [5.74, 6) is 1.46. The van der Waals surface area contributed by atoms with Crippen LogP contribution < -0.4 is 5.56 Å². The molecule has 2 saturated heterocycles. The Kier molecular flexibility index (Phi) is 7.39. The second-order valence-electron chi connectivity index (χ2n) is 9.15. The summed E-state index contributed by atoms with van der Waals surface area (Å²) in [5.41, 5.74) is 3.75. The molecule has 0 amide bonds. The Bertz CT molecular complexity index is 1340. The van der Waals surface area contributed by atoms with Crippen molar-refractivity contribution >= 4 is 23.3 Å². The lowest BCUT2D eigenvalue weighted by atomic mass is 9.98. The van der Waals surface area contributed by atoms with Crippen LogP contribution in [0.1, 0.15) is 42.8 Å². The van der Waals surface area contributed by atoms with Crippen molar-refractivity contribution in [1.82, 2.24) is 24.6 Å². The van der Waals surface area contributed by atoms with Gasteiger partial charge in [0.05, 0.1) is 25.5 Å². The average molecular weight is 489 g/mol. The van der Waals surface area contributed by atoms with E-state index in [-0.39, 0.29) is 11.6 Å². The average Bonchev–Trinajstić information content (AvgIpc) is 3.35. The zero-order valence-corrected chi connectivity index (χ0v) is 20.7. The lowest BCUT2D eigenvalue weighted by Gasteiger charge is -2.28. The molecule has 0 spiro atoms. The number of aliphatic imine (C=N–C) groups is 1. The number of ether oxygens (including phenoxy) is 2. The quantitative estimate of drug-likeness (QED) is 0.405. The lowest BCUT2D eigenvalue weighted by molar-refractivity contribution is 0.0532. The lowest BCUT2D eigenvalue weighted by Crippen LogP contribution is -2.35. The molecule has 0 bridgehead atoms. The van der Waals surface area contributed by atoms with Crippen molar-refractivity contribution in [3.63, 3.8) is 0 Å². The summed E-state index contributed by atoms with van der Waals surface area (Å²) in [7, 11) is 0. The molecule has 9 nitrogen and oxygen atoms in total. The number of hydrogen-bond acceptors (Lipinski definition) is 7. The van der Waals surface area contributed by atoms with Crippen LogP contribution in [0, 0.1) is 0 Å². The van der Waals surface area contributed by atoms with Crippen LogP contribution in [0.3, 0.4) is 0 Å². The molecule has 0 saturated carbocycles. The van der Waals surface area contributed by atoms with Crippen molar-refractivity contribution in [3.05, 3.63) is 75.7 Å². The van der Waals surface area contributed by atoms with Crippen molar-refractivity contribution in [1.29, 1.82) is 0 Å². The molecule has 2 fully saturated rings. The zero-order chi connectivity index (χ0) is 24.9. The summed E-state index contributed by atoms with van der Waals surface area (Å²) in [6, 6.07) is 8.39. The Balaban J connectivity index is 1.43. The van der Waals surface area contributed by atoms with E-state index in [0.29, 0.717) is 49.7 Å². The molecule has 188 valence electrons. The second-order valence-corrected chi connectivity index (χ2v) is 9.15. The van der Waals surface area contributed by atoms with E-state index in [9.17, 15) is 4.79 Å². The predicted octanol–water partition coefficient (Wildman–Crippen LogP) is 3.34. The molecule has 0 aliphatic carbocycles. The van der Waals surface area contributed by atoms with Gasteiger partial charge < -0.3 is 19.4 Å². The van der Waals surface area contributed by atoms with Gasteiger partial charge in [0.2, 0.25) is 0 Å². The van der Waals surface area contributed by atoms with E-state index in [1.165, 1.54) is 0 Å². The minimum absolute atomic E-state index is 0.159. The minimum Gasteiger partial charge on any atom is -0.381 e. The van der Waals surface area contributed by atoms with Gasteiger partial charge in [0.15, 0.2) is 5.65 Å². The van der Waals surface area contributed by atoms with Gasteiger partial charge in [-0.15, -0.1) is 0 Å². The Morgan fingerprint density at radius 3 is 2.69 bits per heavy atom.